The summed E-state index contributed by atoms with van der Waals surface area (Å²) in [4.78, 5) is 11.5. The summed E-state index contributed by atoms with van der Waals surface area (Å²) in [5.41, 5.74) is -0.545. The van der Waals surface area contributed by atoms with Gasteiger partial charge in [-0.25, -0.2) is 4.79 Å². The Hall–Kier alpha value is -0.770. The Kier molecular flexibility index (Phi) is 5.06. The fourth-order valence-corrected chi connectivity index (χ4v) is 2.02. The Labute approximate surface area is 97.8 Å². The molecule has 0 aromatic heterocycles. The van der Waals surface area contributed by atoms with Gasteiger partial charge in [-0.1, -0.05) is 19.3 Å². The summed E-state index contributed by atoms with van der Waals surface area (Å²) in [7, 11) is 0. The van der Waals surface area contributed by atoms with E-state index in [2.05, 4.69) is 10.6 Å². The van der Waals surface area contributed by atoms with Gasteiger partial charge in [-0.2, -0.15) is 0 Å². The number of urea groups is 1. The Morgan fingerprint density at radius 2 is 1.94 bits per heavy atom. The second-order valence-electron chi connectivity index (χ2n) is 5.38. The largest absolute Gasteiger partial charge is 0.394 e. The lowest BCUT2D eigenvalue weighted by atomic mass is 9.89. The van der Waals surface area contributed by atoms with Crippen LogP contribution in [0.2, 0.25) is 0 Å². The number of aliphatic hydroxyl groups excluding tert-OH is 1. The first-order valence-corrected chi connectivity index (χ1v) is 6.20. The molecular weight excluding hydrogens is 204 g/mol. The van der Waals surface area contributed by atoms with Crippen molar-refractivity contribution in [2.45, 2.75) is 51.5 Å². The van der Waals surface area contributed by atoms with Gasteiger partial charge in [0.05, 0.1) is 12.1 Å². The molecule has 1 saturated carbocycles. The van der Waals surface area contributed by atoms with E-state index in [-0.39, 0.29) is 12.6 Å². The summed E-state index contributed by atoms with van der Waals surface area (Å²) in [5.74, 6) is 0.636. The average molecular weight is 228 g/mol. The van der Waals surface area contributed by atoms with Gasteiger partial charge in [0.1, 0.15) is 0 Å². The van der Waals surface area contributed by atoms with Crippen LogP contribution in [-0.4, -0.2) is 29.8 Å². The number of amides is 2. The van der Waals surface area contributed by atoms with E-state index in [9.17, 15) is 4.79 Å². The first-order chi connectivity index (χ1) is 7.53. The number of rotatable bonds is 4. The van der Waals surface area contributed by atoms with E-state index < -0.39 is 5.54 Å². The molecule has 0 bridgehead atoms. The maximum absolute atomic E-state index is 11.5. The smallest absolute Gasteiger partial charge is 0.315 e. The highest BCUT2D eigenvalue weighted by molar-refractivity contribution is 5.74. The quantitative estimate of drug-likeness (QED) is 0.685. The number of nitrogens with one attached hydrogen (secondary N) is 2. The fraction of sp³-hybridized carbons (Fsp3) is 0.917. The predicted molar refractivity (Wildman–Crippen MR) is 64.3 cm³/mol. The van der Waals surface area contributed by atoms with E-state index in [0.717, 1.165) is 6.54 Å². The van der Waals surface area contributed by atoms with Crippen molar-refractivity contribution < 1.29 is 9.90 Å². The molecule has 0 unspecified atom stereocenters. The first kappa shape index (κ1) is 13.3. The average Bonchev–Trinajstić information content (AvgIpc) is 2.27. The van der Waals surface area contributed by atoms with Crippen LogP contribution < -0.4 is 10.6 Å². The van der Waals surface area contributed by atoms with Crippen molar-refractivity contribution in [2.75, 3.05) is 13.2 Å². The van der Waals surface area contributed by atoms with Gasteiger partial charge < -0.3 is 15.7 Å². The number of aliphatic hydroxyl groups is 1. The maximum atomic E-state index is 11.5. The molecule has 0 saturated heterocycles. The number of carbonyl (C=O) groups excluding carboxylic acids is 1. The van der Waals surface area contributed by atoms with Crippen molar-refractivity contribution in [3.63, 3.8) is 0 Å². The highest BCUT2D eigenvalue weighted by Gasteiger charge is 2.20. The van der Waals surface area contributed by atoms with E-state index in [4.69, 9.17) is 5.11 Å². The van der Waals surface area contributed by atoms with Crippen LogP contribution >= 0.6 is 0 Å². The van der Waals surface area contributed by atoms with E-state index >= 15 is 0 Å². The van der Waals surface area contributed by atoms with Crippen molar-refractivity contribution in [1.82, 2.24) is 10.6 Å². The molecule has 0 aromatic carbocycles. The summed E-state index contributed by atoms with van der Waals surface area (Å²) >= 11 is 0. The van der Waals surface area contributed by atoms with Crippen LogP contribution in [0.3, 0.4) is 0 Å². The summed E-state index contributed by atoms with van der Waals surface area (Å²) in [5, 5.41) is 14.6. The van der Waals surface area contributed by atoms with Crippen LogP contribution in [0.5, 0.6) is 0 Å². The Bertz CT molecular complexity index is 223. The molecule has 0 atom stereocenters. The van der Waals surface area contributed by atoms with Crippen molar-refractivity contribution in [2.24, 2.45) is 5.92 Å². The molecule has 4 heteroatoms. The topological polar surface area (TPSA) is 61.4 Å². The summed E-state index contributed by atoms with van der Waals surface area (Å²) in [6.07, 6.45) is 6.36. The molecule has 0 aliphatic heterocycles. The summed E-state index contributed by atoms with van der Waals surface area (Å²) < 4.78 is 0. The van der Waals surface area contributed by atoms with Crippen molar-refractivity contribution >= 4 is 6.03 Å². The van der Waals surface area contributed by atoms with Crippen LogP contribution in [0.1, 0.15) is 46.0 Å². The molecule has 0 heterocycles. The van der Waals surface area contributed by atoms with E-state index in [1.54, 1.807) is 13.8 Å². The van der Waals surface area contributed by atoms with Crippen LogP contribution in [0.25, 0.3) is 0 Å². The molecule has 0 aromatic rings. The normalized spacial score (nSPS) is 18.2. The summed E-state index contributed by atoms with van der Waals surface area (Å²) in [6, 6.07) is -0.176. The zero-order valence-electron chi connectivity index (χ0n) is 10.4. The van der Waals surface area contributed by atoms with Crippen molar-refractivity contribution in [3.05, 3.63) is 0 Å². The van der Waals surface area contributed by atoms with Crippen molar-refractivity contribution in [1.29, 1.82) is 0 Å². The molecule has 2 amide bonds. The maximum Gasteiger partial charge on any atom is 0.315 e. The SMILES string of the molecule is CC(C)(CO)NC(=O)NCC1CCCCC1. The van der Waals surface area contributed by atoms with Gasteiger partial charge in [0.2, 0.25) is 0 Å². The standard InChI is InChI=1S/C12H24N2O2/c1-12(2,9-15)14-11(16)13-8-10-6-4-3-5-7-10/h10,15H,3-9H2,1-2H3,(H2,13,14,16). The summed E-state index contributed by atoms with van der Waals surface area (Å²) in [6.45, 7) is 4.30. The van der Waals surface area contributed by atoms with E-state index in [1.165, 1.54) is 32.1 Å². The highest BCUT2D eigenvalue weighted by Crippen LogP contribution is 2.22. The van der Waals surface area contributed by atoms with Gasteiger partial charge >= 0.3 is 6.03 Å². The Balaban J connectivity index is 2.19. The monoisotopic (exact) mass is 228 g/mol. The third-order valence-electron chi connectivity index (χ3n) is 3.12. The number of hydrogen-bond donors (Lipinski definition) is 3. The van der Waals surface area contributed by atoms with Crippen LogP contribution in [-0.2, 0) is 0 Å². The zero-order chi connectivity index (χ0) is 12.0. The van der Waals surface area contributed by atoms with Gasteiger partial charge in [0.15, 0.2) is 0 Å². The molecule has 1 rings (SSSR count). The van der Waals surface area contributed by atoms with Gasteiger partial charge in [0.25, 0.3) is 0 Å². The minimum Gasteiger partial charge on any atom is -0.394 e. The molecule has 3 N–H and O–H groups in total. The highest BCUT2D eigenvalue weighted by atomic mass is 16.3. The van der Waals surface area contributed by atoms with Crippen LogP contribution in [0.4, 0.5) is 4.79 Å². The molecule has 1 fully saturated rings. The molecule has 4 nitrogen and oxygen atoms in total. The third kappa shape index (κ3) is 4.84. The predicted octanol–water partition coefficient (Wildman–Crippen LogP) is 1.64. The number of carbonyl (C=O) groups is 1. The lowest BCUT2D eigenvalue weighted by Gasteiger charge is -2.26. The van der Waals surface area contributed by atoms with Crippen LogP contribution in [0, 0.1) is 5.92 Å². The molecule has 1 aliphatic carbocycles. The Morgan fingerprint density at radius 3 is 2.50 bits per heavy atom. The second kappa shape index (κ2) is 6.09. The molecule has 1 aliphatic rings. The van der Waals surface area contributed by atoms with E-state index in [1.807, 2.05) is 0 Å². The van der Waals surface area contributed by atoms with Gasteiger partial charge in [-0.05, 0) is 32.6 Å². The van der Waals surface area contributed by atoms with Gasteiger partial charge in [-0.3, -0.25) is 0 Å². The Morgan fingerprint density at radius 1 is 1.31 bits per heavy atom. The van der Waals surface area contributed by atoms with Crippen molar-refractivity contribution in [3.8, 4) is 0 Å². The molecule has 0 radical (unpaired) electrons. The molecule has 16 heavy (non-hydrogen) atoms. The third-order valence-corrected chi connectivity index (χ3v) is 3.12. The first-order valence-electron chi connectivity index (χ1n) is 6.20. The number of hydrogen-bond acceptors (Lipinski definition) is 2. The lowest BCUT2D eigenvalue weighted by molar-refractivity contribution is 0.180. The molecule has 0 spiro atoms. The zero-order valence-corrected chi connectivity index (χ0v) is 10.4. The van der Waals surface area contributed by atoms with Crippen LogP contribution in [0.15, 0.2) is 0 Å². The molecule has 94 valence electrons. The minimum atomic E-state index is -0.545. The fourth-order valence-electron chi connectivity index (χ4n) is 2.02. The van der Waals surface area contributed by atoms with Gasteiger partial charge in [0, 0.05) is 6.54 Å². The second-order valence-corrected chi connectivity index (χ2v) is 5.38. The lowest BCUT2D eigenvalue weighted by Crippen LogP contribution is -2.51. The van der Waals surface area contributed by atoms with E-state index in [0.29, 0.717) is 5.92 Å². The molecular formula is C12H24N2O2. The van der Waals surface area contributed by atoms with Gasteiger partial charge in [-0.15, -0.1) is 0 Å². The minimum absolute atomic E-state index is 0.0517.